The van der Waals surface area contributed by atoms with Crippen molar-refractivity contribution in [2.75, 3.05) is 14.2 Å². The lowest BCUT2D eigenvalue weighted by molar-refractivity contribution is 0.397. The molecule has 0 saturated heterocycles. The van der Waals surface area contributed by atoms with Gasteiger partial charge in [-0.3, -0.25) is 9.97 Å². The Hall–Kier alpha value is -7.56. The number of rotatable bonds is 10. The average Bonchev–Trinajstić information content (AvgIpc) is 3.90. The van der Waals surface area contributed by atoms with Crippen LogP contribution in [0.4, 0.5) is 0 Å². The number of benzene rings is 2. The van der Waals surface area contributed by atoms with E-state index in [4.69, 9.17) is 25.3 Å². The molecule has 51 heavy (non-hydrogen) atoms. The highest BCUT2D eigenvalue weighted by Crippen LogP contribution is 2.38. The molecule has 2 aromatic carbocycles. The van der Waals surface area contributed by atoms with Crippen molar-refractivity contribution in [1.82, 2.24) is 50.4 Å². The SMILES string of the molecule is COc1cc(-n2nnc(-c3ccccn3)n2)ccc1C(C#N)(CC#N)CC#N.COc1cc(-n2nnc(-c3ccccn3)n2)ccc1C(C)C#N. The number of nitrogens with zero attached hydrogens (tertiary/aromatic N) is 14. The minimum atomic E-state index is -1.28. The lowest BCUT2D eigenvalue weighted by atomic mass is 9.76. The van der Waals surface area contributed by atoms with Crippen LogP contribution in [0.3, 0.4) is 0 Å². The summed E-state index contributed by atoms with van der Waals surface area (Å²) in [4.78, 5) is 11.1. The van der Waals surface area contributed by atoms with Crippen LogP contribution in [0.2, 0.25) is 0 Å². The Kier molecular flexibility index (Phi) is 10.9. The predicted octanol–water partition coefficient (Wildman–Crippen LogP) is 4.68. The van der Waals surface area contributed by atoms with E-state index in [0.717, 1.165) is 5.56 Å². The van der Waals surface area contributed by atoms with Gasteiger partial charge in [-0.25, -0.2) is 0 Å². The first-order valence-corrected chi connectivity index (χ1v) is 15.2. The molecule has 0 saturated carbocycles. The lowest BCUT2D eigenvalue weighted by Crippen LogP contribution is -2.24. The normalized spacial score (nSPS) is 11.0. The Labute approximate surface area is 292 Å². The standard InChI is InChI=1S/C19H14N8O.C16H14N6O/c1-28-17-12-14(5-6-15(17)19(13-22,7-9-20)8-10-21)27-25-18(24-26-27)16-4-2-3-11-23-16;1-11(10-17)13-7-6-12(9-15(13)23-2)22-20-16(19-21-22)14-5-3-4-8-18-14/h2-6,11-12H,7-8H2,1H3;3-9,11H,1-2H3. The van der Waals surface area contributed by atoms with Crippen LogP contribution < -0.4 is 9.47 Å². The van der Waals surface area contributed by atoms with Crippen LogP contribution in [0.15, 0.2) is 85.2 Å². The van der Waals surface area contributed by atoms with Crippen LogP contribution in [-0.2, 0) is 5.41 Å². The van der Waals surface area contributed by atoms with Crippen LogP contribution >= 0.6 is 0 Å². The van der Waals surface area contributed by atoms with Crippen LogP contribution in [0.5, 0.6) is 11.5 Å². The number of ether oxygens (including phenoxy) is 2. The Balaban J connectivity index is 0.000000201. The van der Waals surface area contributed by atoms with Gasteiger partial charge in [0.05, 0.1) is 68.6 Å². The van der Waals surface area contributed by atoms with Gasteiger partial charge >= 0.3 is 0 Å². The van der Waals surface area contributed by atoms with Crippen LogP contribution in [0.1, 0.15) is 36.8 Å². The Morgan fingerprint density at radius 3 is 1.69 bits per heavy atom. The second kappa shape index (κ2) is 16.0. The fourth-order valence-electron chi connectivity index (χ4n) is 4.96. The van der Waals surface area contributed by atoms with E-state index < -0.39 is 5.41 Å². The number of hydrogen-bond acceptors (Lipinski definition) is 14. The van der Waals surface area contributed by atoms with Crippen molar-refractivity contribution in [3.63, 3.8) is 0 Å². The molecule has 250 valence electrons. The number of pyridine rings is 2. The fourth-order valence-corrected chi connectivity index (χ4v) is 4.96. The quantitative estimate of drug-likeness (QED) is 0.192. The summed E-state index contributed by atoms with van der Waals surface area (Å²) in [6.07, 6.45) is 3.06. The molecule has 16 nitrogen and oxygen atoms in total. The number of hydrogen-bond donors (Lipinski definition) is 0. The third-order valence-corrected chi connectivity index (χ3v) is 7.63. The molecule has 0 aliphatic rings. The molecular weight excluding hydrogens is 648 g/mol. The molecule has 4 aromatic heterocycles. The zero-order chi connectivity index (χ0) is 36.2. The van der Waals surface area contributed by atoms with Crippen LogP contribution in [0.25, 0.3) is 34.4 Å². The molecule has 0 amide bonds. The van der Waals surface area contributed by atoms with Crippen LogP contribution in [0, 0.1) is 45.3 Å². The lowest BCUT2D eigenvalue weighted by Gasteiger charge is -2.23. The maximum absolute atomic E-state index is 9.67. The van der Waals surface area contributed by atoms with E-state index in [1.165, 1.54) is 16.7 Å². The third-order valence-electron chi connectivity index (χ3n) is 7.63. The molecular formula is C35H28N14O2. The highest BCUT2D eigenvalue weighted by atomic mass is 16.5. The van der Waals surface area contributed by atoms with Gasteiger partial charge in [0.25, 0.3) is 0 Å². The first kappa shape index (κ1) is 34.8. The van der Waals surface area contributed by atoms with E-state index in [-0.39, 0.29) is 18.8 Å². The van der Waals surface area contributed by atoms with E-state index in [2.05, 4.69) is 52.9 Å². The molecule has 1 atom stereocenters. The first-order chi connectivity index (χ1) is 24.9. The van der Waals surface area contributed by atoms with Gasteiger partial charge in [0.1, 0.15) is 28.3 Å². The zero-order valence-corrected chi connectivity index (χ0v) is 27.7. The molecule has 0 N–H and O–H groups in total. The Morgan fingerprint density at radius 2 is 1.24 bits per heavy atom. The molecule has 1 unspecified atom stereocenters. The van der Waals surface area contributed by atoms with Crippen LogP contribution in [-0.4, -0.2) is 64.6 Å². The molecule has 4 heterocycles. The zero-order valence-electron chi connectivity index (χ0n) is 27.7. The van der Waals surface area contributed by atoms with E-state index in [1.807, 2.05) is 55.5 Å². The van der Waals surface area contributed by atoms with Crippen molar-refractivity contribution in [2.45, 2.75) is 31.1 Å². The van der Waals surface area contributed by atoms with E-state index >= 15 is 0 Å². The van der Waals surface area contributed by atoms with E-state index in [0.29, 0.717) is 51.5 Å². The molecule has 0 aliphatic carbocycles. The van der Waals surface area contributed by atoms with Gasteiger partial charge < -0.3 is 9.47 Å². The summed E-state index contributed by atoms with van der Waals surface area (Å²) in [5.41, 5.74) is 2.51. The predicted molar refractivity (Wildman–Crippen MR) is 180 cm³/mol. The van der Waals surface area contributed by atoms with Gasteiger partial charge in [0, 0.05) is 35.7 Å². The molecule has 6 rings (SSSR count). The molecule has 16 heteroatoms. The van der Waals surface area contributed by atoms with E-state index in [1.54, 1.807) is 55.9 Å². The van der Waals surface area contributed by atoms with Gasteiger partial charge in [0.2, 0.25) is 11.6 Å². The van der Waals surface area contributed by atoms with Gasteiger partial charge in [-0.15, -0.1) is 30.0 Å². The third kappa shape index (κ3) is 7.62. The maximum Gasteiger partial charge on any atom is 0.223 e. The number of nitriles is 4. The molecule has 0 fully saturated rings. The van der Waals surface area contributed by atoms with Gasteiger partial charge in [-0.05, 0) is 53.7 Å². The molecule has 0 radical (unpaired) electrons. The molecule has 0 aliphatic heterocycles. The topological polar surface area (TPSA) is 227 Å². The molecule has 6 aromatic rings. The summed E-state index contributed by atoms with van der Waals surface area (Å²) < 4.78 is 10.8. The van der Waals surface area contributed by atoms with Crippen molar-refractivity contribution >= 4 is 0 Å². The minimum Gasteiger partial charge on any atom is -0.496 e. The van der Waals surface area contributed by atoms with Gasteiger partial charge in [-0.2, -0.15) is 21.0 Å². The fraction of sp³-hybridized carbons (Fsp3) is 0.200. The second-order valence-corrected chi connectivity index (χ2v) is 10.8. The Morgan fingerprint density at radius 1 is 0.706 bits per heavy atom. The summed E-state index contributed by atoms with van der Waals surface area (Å²) in [6, 6.07) is 29.6. The van der Waals surface area contributed by atoms with Gasteiger partial charge in [-0.1, -0.05) is 24.3 Å². The average molecular weight is 677 g/mol. The molecule has 0 bridgehead atoms. The second-order valence-electron chi connectivity index (χ2n) is 10.8. The van der Waals surface area contributed by atoms with Crippen molar-refractivity contribution in [3.05, 3.63) is 96.3 Å². The summed E-state index contributed by atoms with van der Waals surface area (Å²) >= 11 is 0. The monoisotopic (exact) mass is 676 g/mol. The Bertz CT molecular complexity index is 2260. The number of tetrazole rings is 2. The number of aromatic nitrogens is 10. The van der Waals surface area contributed by atoms with Gasteiger partial charge in [0.15, 0.2) is 0 Å². The minimum absolute atomic E-state index is 0.127. The van der Waals surface area contributed by atoms with Crippen molar-refractivity contribution in [3.8, 4) is 70.2 Å². The summed E-state index contributed by atoms with van der Waals surface area (Å²) in [5, 5.41) is 61.8. The largest absolute Gasteiger partial charge is 0.496 e. The summed E-state index contributed by atoms with van der Waals surface area (Å²) in [5.74, 6) is 1.53. The van der Waals surface area contributed by atoms with Crippen molar-refractivity contribution in [2.24, 2.45) is 0 Å². The highest BCUT2D eigenvalue weighted by Gasteiger charge is 2.35. The first-order valence-electron chi connectivity index (χ1n) is 15.2. The maximum atomic E-state index is 9.67. The van der Waals surface area contributed by atoms with Crippen molar-refractivity contribution in [1.29, 1.82) is 21.0 Å². The smallest absolute Gasteiger partial charge is 0.223 e. The van der Waals surface area contributed by atoms with Crippen molar-refractivity contribution < 1.29 is 9.47 Å². The van der Waals surface area contributed by atoms with E-state index in [9.17, 15) is 5.26 Å². The summed E-state index contributed by atoms with van der Waals surface area (Å²) in [7, 11) is 3.03. The number of methoxy groups -OCH3 is 2. The highest BCUT2D eigenvalue weighted by molar-refractivity contribution is 5.53. The summed E-state index contributed by atoms with van der Waals surface area (Å²) in [6.45, 7) is 1.82. The molecule has 0 spiro atoms.